The SMILES string of the molecule is Cc1ccc(C(=O)Oc2ccccc2N2C(=O)[C@H]3CC[C@@H](C)C[C@@H]3C2=O)cc1. The van der Waals surface area contributed by atoms with Crippen LogP contribution in [0.15, 0.2) is 48.5 Å². The van der Waals surface area contributed by atoms with Crippen LogP contribution in [0, 0.1) is 24.7 Å². The molecule has 2 aromatic carbocycles. The second kappa shape index (κ2) is 7.23. The lowest BCUT2D eigenvalue weighted by Gasteiger charge is -2.25. The zero-order valence-electron chi connectivity index (χ0n) is 16.1. The summed E-state index contributed by atoms with van der Waals surface area (Å²) in [6.07, 6.45) is 2.42. The third-order valence-electron chi connectivity index (χ3n) is 5.78. The van der Waals surface area contributed by atoms with Crippen LogP contribution in [-0.2, 0) is 9.59 Å². The number of carbonyl (C=O) groups is 3. The average molecular weight is 377 g/mol. The topological polar surface area (TPSA) is 63.7 Å². The van der Waals surface area contributed by atoms with E-state index >= 15 is 0 Å². The van der Waals surface area contributed by atoms with Gasteiger partial charge in [0.15, 0.2) is 5.75 Å². The van der Waals surface area contributed by atoms with Crippen molar-refractivity contribution >= 4 is 23.5 Å². The number of para-hydroxylation sites is 2. The number of hydrogen-bond acceptors (Lipinski definition) is 4. The summed E-state index contributed by atoms with van der Waals surface area (Å²) in [5.74, 6) is -0.741. The van der Waals surface area contributed by atoms with E-state index in [9.17, 15) is 14.4 Å². The normalized spacial score (nSPS) is 24.2. The van der Waals surface area contributed by atoms with Gasteiger partial charge in [0.25, 0.3) is 0 Å². The average Bonchev–Trinajstić information content (AvgIpc) is 2.93. The number of benzene rings is 2. The van der Waals surface area contributed by atoms with E-state index in [0.29, 0.717) is 17.2 Å². The number of ether oxygens (including phenoxy) is 1. The van der Waals surface area contributed by atoms with Crippen LogP contribution in [0.3, 0.4) is 0 Å². The van der Waals surface area contributed by atoms with Crippen molar-refractivity contribution in [1.29, 1.82) is 0 Å². The minimum absolute atomic E-state index is 0.180. The number of esters is 1. The first kappa shape index (κ1) is 18.4. The maximum atomic E-state index is 13.0. The first-order valence-corrected chi connectivity index (χ1v) is 9.71. The van der Waals surface area contributed by atoms with Crippen LogP contribution in [0.25, 0.3) is 0 Å². The molecule has 1 saturated heterocycles. The van der Waals surface area contributed by atoms with Gasteiger partial charge >= 0.3 is 5.97 Å². The number of carbonyl (C=O) groups excluding carboxylic acids is 3. The molecule has 0 aromatic heterocycles. The quantitative estimate of drug-likeness (QED) is 0.458. The second-order valence-corrected chi connectivity index (χ2v) is 7.87. The van der Waals surface area contributed by atoms with Gasteiger partial charge in [0, 0.05) is 0 Å². The third-order valence-corrected chi connectivity index (χ3v) is 5.78. The third kappa shape index (κ3) is 3.21. The fraction of sp³-hybridized carbons (Fsp3) is 0.348. The molecule has 2 aliphatic rings. The van der Waals surface area contributed by atoms with Crippen LogP contribution in [0.5, 0.6) is 5.75 Å². The van der Waals surface area contributed by atoms with Gasteiger partial charge in [-0.25, -0.2) is 9.69 Å². The highest BCUT2D eigenvalue weighted by atomic mass is 16.5. The molecular weight excluding hydrogens is 354 g/mol. The Morgan fingerprint density at radius 2 is 1.64 bits per heavy atom. The predicted octanol–water partition coefficient (Wildman–Crippen LogP) is 4.14. The number of hydrogen-bond donors (Lipinski definition) is 0. The summed E-state index contributed by atoms with van der Waals surface area (Å²) >= 11 is 0. The Bertz CT molecular complexity index is 934. The van der Waals surface area contributed by atoms with Crippen molar-refractivity contribution < 1.29 is 19.1 Å². The number of nitrogens with zero attached hydrogens (tertiary/aromatic N) is 1. The molecule has 1 saturated carbocycles. The Kier molecular flexibility index (Phi) is 4.75. The van der Waals surface area contributed by atoms with Crippen LogP contribution in [0.4, 0.5) is 5.69 Å². The van der Waals surface area contributed by atoms with E-state index in [1.54, 1.807) is 36.4 Å². The minimum Gasteiger partial charge on any atom is -0.421 e. The molecular formula is C23H23NO4. The van der Waals surface area contributed by atoms with E-state index in [1.165, 1.54) is 4.90 Å². The van der Waals surface area contributed by atoms with Crippen molar-refractivity contribution in [1.82, 2.24) is 0 Å². The minimum atomic E-state index is -0.516. The van der Waals surface area contributed by atoms with Gasteiger partial charge in [-0.05, 0) is 56.4 Å². The molecule has 2 amide bonds. The number of rotatable bonds is 3. The van der Waals surface area contributed by atoms with Crippen molar-refractivity contribution in [2.75, 3.05) is 4.90 Å². The molecule has 0 spiro atoms. The number of fused-ring (bicyclic) bond motifs is 1. The highest BCUT2D eigenvalue weighted by Crippen LogP contribution is 2.44. The lowest BCUT2D eigenvalue weighted by molar-refractivity contribution is -0.122. The Hall–Kier alpha value is -2.95. The van der Waals surface area contributed by atoms with Crippen molar-refractivity contribution in [3.8, 4) is 5.75 Å². The van der Waals surface area contributed by atoms with Crippen LogP contribution < -0.4 is 9.64 Å². The van der Waals surface area contributed by atoms with Crippen LogP contribution in [0.1, 0.15) is 42.1 Å². The van der Waals surface area contributed by atoms with Gasteiger partial charge in [0.2, 0.25) is 11.8 Å². The van der Waals surface area contributed by atoms with Gasteiger partial charge in [-0.2, -0.15) is 0 Å². The fourth-order valence-electron chi connectivity index (χ4n) is 4.20. The summed E-state index contributed by atoms with van der Waals surface area (Å²) in [5, 5.41) is 0. The summed E-state index contributed by atoms with van der Waals surface area (Å²) < 4.78 is 5.57. The Morgan fingerprint density at radius 3 is 2.39 bits per heavy atom. The predicted molar refractivity (Wildman–Crippen MR) is 105 cm³/mol. The Balaban J connectivity index is 1.63. The molecule has 2 aromatic rings. The maximum absolute atomic E-state index is 13.0. The monoisotopic (exact) mass is 377 g/mol. The molecule has 1 heterocycles. The van der Waals surface area contributed by atoms with E-state index in [1.807, 2.05) is 19.1 Å². The molecule has 5 heteroatoms. The number of amides is 2. The van der Waals surface area contributed by atoms with E-state index in [2.05, 4.69) is 6.92 Å². The highest BCUT2D eigenvalue weighted by molar-refractivity contribution is 6.22. The molecule has 0 unspecified atom stereocenters. The van der Waals surface area contributed by atoms with Gasteiger partial charge in [0.05, 0.1) is 23.1 Å². The summed E-state index contributed by atoms with van der Waals surface area (Å²) in [4.78, 5) is 39.7. The van der Waals surface area contributed by atoms with Gasteiger partial charge in [-0.3, -0.25) is 9.59 Å². The smallest absolute Gasteiger partial charge is 0.343 e. The van der Waals surface area contributed by atoms with E-state index < -0.39 is 5.97 Å². The van der Waals surface area contributed by atoms with Crippen molar-refractivity contribution in [3.05, 3.63) is 59.7 Å². The fourth-order valence-corrected chi connectivity index (χ4v) is 4.20. The molecule has 0 N–H and O–H groups in total. The number of aryl methyl sites for hydroxylation is 1. The molecule has 3 atom stereocenters. The molecule has 1 aliphatic carbocycles. The van der Waals surface area contributed by atoms with Crippen molar-refractivity contribution in [2.45, 2.75) is 33.1 Å². The summed E-state index contributed by atoms with van der Waals surface area (Å²) in [5.41, 5.74) is 1.81. The summed E-state index contributed by atoms with van der Waals surface area (Å²) in [7, 11) is 0. The standard InChI is InChI=1S/C23H23NO4/c1-14-7-10-16(11-8-14)23(27)28-20-6-4-3-5-19(20)24-21(25)17-12-9-15(2)13-18(17)22(24)26/h3-8,10-11,15,17-18H,9,12-13H2,1-2H3/t15-,17+,18+/m1/s1. The zero-order valence-corrected chi connectivity index (χ0v) is 16.1. The van der Waals surface area contributed by atoms with Gasteiger partial charge < -0.3 is 4.74 Å². The molecule has 2 fully saturated rings. The zero-order chi connectivity index (χ0) is 19.8. The van der Waals surface area contributed by atoms with E-state index in [0.717, 1.165) is 24.8 Å². The maximum Gasteiger partial charge on any atom is 0.343 e. The lowest BCUT2D eigenvalue weighted by Crippen LogP contribution is -2.31. The highest BCUT2D eigenvalue weighted by Gasteiger charge is 2.50. The Morgan fingerprint density at radius 1 is 0.964 bits per heavy atom. The van der Waals surface area contributed by atoms with Gasteiger partial charge in [0.1, 0.15) is 0 Å². The molecule has 4 rings (SSSR count). The van der Waals surface area contributed by atoms with Crippen molar-refractivity contribution in [3.63, 3.8) is 0 Å². The molecule has 0 radical (unpaired) electrons. The first-order chi connectivity index (χ1) is 13.5. The molecule has 1 aliphatic heterocycles. The molecule has 144 valence electrons. The molecule has 28 heavy (non-hydrogen) atoms. The van der Waals surface area contributed by atoms with Crippen molar-refractivity contribution in [2.24, 2.45) is 17.8 Å². The van der Waals surface area contributed by atoms with Crippen LogP contribution in [0.2, 0.25) is 0 Å². The van der Waals surface area contributed by atoms with E-state index in [-0.39, 0.29) is 29.4 Å². The largest absolute Gasteiger partial charge is 0.421 e. The first-order valence-electron chi connectivity index (χ1n) is 9.71. The summed E-state index contributed by atoms with van der Waals surface area (Å²) in [6.45, 7) is 4.06. The number of imide groups is 1. The van der Waals surface area contributed by atoms with E-state index in [4.69, 9.17) is 4.74 Å². The number of anilines is 1. The lowest BCUT2D eigenvalue weighted by atomic mass is 9.76. The van der Waals surface area contributed by atoms with Crippen LogP contribution >= 0.6 is 0 Å². The van der Waals surface area contributed by atoms with Gasteiger partial charge in [-0.1, -0.05) is 36.8 Å². The Labute approximate surface area is 164 Å². The molecule has 0 bridgehead atoms. The van der Waals surface area contributed by atoms with Crippen LogP contribution in [-0.4, -0.2) is 17.8 Å². The summed E-state index contributed by atoms with van der Waals surface area (Å²) in [6, 6.07) is 13.8. The molecule has 5 nitrogen and oxygen atoms in total. The second-order valence-electron chi connectivity index (χ2n) is 7.87. The van der Waals surface area contributed by atoms with Gasteiger partial charge in [-0.15, -0.1) is 0 Å².